The van der Waals surface area contributed by atoms with Crippen molar-refractivity contribution in [1.82, 2.24) is 47.9 Å². The smallest absolute Gasteiger partial charge is 0.328 e. The van der Waals surface area contributed by atoms with Gasteiger partial charge in [0.25, 0.3) is 0 Å². The van der Waals surface area contributed by atoms with Crippen molar-refractivity contribution < 1.29 is 78.0 Å². The van der Waals surface area contributed by atoms with Gasteiger partial charge in [-0.05, 0) is 100 Å². The van der Waals surface area contributed by atoms with Crippen LogP contribution < -0.4 is 76.5 Å². The zero-order chi connectivity index (χ0) is 63.3. The van der Waals surface area contributed by atoms with Crippen molar-refractivity contribution >= 4 is 70.9 Å². The van der Waals surface area contributed by atoms with Crippen LogP contribution in [0.1, 0.15) is 118 Å². The molecule has 83 heavy (non-hydrogen) atoms. The number of phenols is 1. The number of aliphatic carboxylic acids is 1. The minimum atomic E-state index is -1.98. The molecule has 0 spiro atoms. The van der Waals surface area contributed by atoms with Gasteiger partial charge in [-0.25, -0.2) is 4.79 Å². The second kappa shape index (κ2) is 37.5. The predicted octanol–water partition coefficient (Wildman–Crippen LogP) is -5.16. The molecule has 0 bridgehead atoms. The first kappa shape index (κ1) is 73.5. The Bertz CT molecular complexity index is 2340. The van der Waals surface area contributed by atoms with Gasteiger partial charge in [-0.3, -0.25) is 52.7 Å². The van der Waals surface area contributed by atoms with Crippen LogP contribution in [0.4, 0.5) is 0 Å². The van der Waals surface area contributed by atoms with E-state index in [9.17, 15) is 78.0 Å². The van der Waals surface area contributed by atoms with Crippen molar-refractivity contribution in [2.75, 3.05) is 19.7 Å². The van der Waals surface area contributed by atoms with Crippen LogP contribution in [0, 0.1) is 17.8 Å². The van der Waals surface area contributed by atoms with Crippen LogP contribution in [0.15, 0.2) is 24.3 Å². The van der Waals surface area contributed by atoms with Gasteiger partial charge in [0.05, 0.1) is 31.6 Å². The van der Waals surface area contributed by atoms with Gasteiger partial charge in [0, 0.05) is 6.42 Å². The summed E-state index contributed by atoms with van der Waals surface area (Å²) >= 11 is 0. The third-order valence-corrected chi connectivity index (χ3v) is 13.3. The number of carbonyl (C=O) groups is 12. The highest BCUT2D eigenvalue weighted by atomic mass is 16.4. The van der Waals surface area contributed by atoms with Crippen molar-refractivity contribution in [3.8, 4) is 5.75 Å². The Balaban J connectivity index is 3.54. The van der Waals surface area contributed by atoms with E-state index in [0.717, 1.165) is 6.92 Å². The largest absolute Gasteiger partial charge is 0.508 e. The molecule has 0 aromatic heterocycles. The van der Waals surface area contributed by atoms with E-state index in [4.69, 9.17) is 28.7 Å². The molecule has 1 rings (SSSR count). The normalized spacial score (nSPS) is 15.6. The highest BCUT2D eigenvalue weighted by Crippen LogP contribution is 2.15. The number of rotatable bonds is 40. The van der Waals surface area contributed by atoms with E-state index < -0.39 is 163 Å². The lowest BCUT2D eigenvalue weighted by Gasteiger charge is -2.28. The number of carboxylic acid groups (broad SMARTS) is 1. The van der Waals surface area contributed by atoms with Gasteiger partial charge in [-0.1, -0.05) is 60.1 Å². The van der Waals surface area contributed by atoms with E-state index in [-0.39, 0.29) is 56.2 Å². The summed E-state index contributed by atoms with van der Waals surface area (Å²) in [5.41, 5.74) is 28.7. The highest BCUT2D eigenvalue weighted by Gasteiger charge is 2.37. The molecule has 30 nitrogen and oxygen atoms in total. The Morgan fingerprint density at radius 3 is 1.30 bits per heavy atom. The number of hydrogen-bond acceptors (Lipinski definition) is 18. The number of hydrogen-bond donors (Lipinski definition) is 18. The Hall–Kier alpha value is -7.54. The van der Waals surface area contributed by atoms with Crippen LogP contribution in [0.2, 0.25) is 0 Å². The summed E-state index contributed by atoms with van der Waals surface area (Å²) < 4.78 is 0. The van der Waals surface area contributed by atoms with E-state index in [2.05, 4.69) is 47.9 Å². The Kier molecular flexibility index (Phi) is 33.2. The molecule has 0 radical (unpaired) electrons. The maximum Gasteiger partial charge on any atom is 0.328 e. The van der Waals surface area contributed by atoms with Crippen LogP contribution in [-0.2, 0) is 64.0 Å². The summed E-state index contributed by atoms with van der Waals surface area (Å²) in [5.74, 6) is -14.3. The van der Waals surface area contributed by atoms with Gasteiger partial charge in [0.2, 0.25) is 65.0 Å². The van der Waals surface area contributed by atoms with E-state index in [1.807, 2.05) is 6.92 Å². The van der Waals surface area contributed by atoms with E-state index in [0.29, 0.717) is 37.8 Å². The number of carboxylic acids is 1. The second-order valence-corrected chi connectivity index (χ2v) is 21.2. The molecule has 0 heterocycles. The van der Waals surface area contributed by atoms with Crippen LogP contribution >= 0.6 is 0 Å². The lowest BCUT2D eigenvalue weighted by Crippen LogP contribution is -2.62. The number of aliphatic hydroxyl groups excluding tert-OH is 2. The second-order valence-electron chi connectivity index (χ2n) is 21.2. The SMILES string of the molecule is CC[C@H](C)[C@H](N)C(=O)N[C@@H](CCCCN)C(=O)N[C@@H](CC(C)C)C(=O)N[C@@H](CCCCN)C(=O)N[C@@H](CO)C(=O)N[C@@H](CC(N)=O)C(=O)N[C@@H](CC(N)=O)C(=O)N[C@@H](Cc1ccc(O)cc1)C(=O)N[C@H](C(=O)N[C@H](C(=O)O)[C@@H](C)O)C(C)C. The summed E-state index contributed by atoms with van der Waals surface area (Å²) in [4.78, 5) is 161. The number of aromatic hydroxyl groups is 1. The number of phenolic OH excluding ortho intramolecular Hbond substituents is 1. The molecule has 0 aliphatic heterocycles. The number of benzene rings is 1. The standard InChI is InChI=1S/C53H90N14O16/c1-8-28(6)41(58)51(80)60-33(14-10-12-20-55)44(73)61-34(21-26(2)3)46(75)59-32(13-9-11-19-54)45(74)65-38(25-68)50(79)64-37(24-40(57)72)48(77)63-36(23-39(56)71)47(76)62-35(22-30-15-17-31(70)18-16-30)49(78)66-42(27(4)5)52(81)67-43(29(7)69)53(82)83/h15-18,26-29,32-38,41-43,68-70H,8-14,19-25,54-55,58H2,1-7H3,(H2,56,71)(H2,57,72)(H,59,75)(H,60,80)(H,61,73)(H,62,76)(H,63,77)(H,64,79)(H,65,74)(H,66,78)(H,67,81)(H,82,83)/t28-,29+,32-,33-,34-,35-,36-,37-,38-,41-,42-,43-/m0/s1. The molecule has 11 amide bonds. The fourth-order valence-corrected chi connectivity index (χ4v) is 8.15. The maximum absolute atomic E-state index is 14.1. The van der Waals surface area contributed by atoms with Crippen LogP contribution in [0.5, 0.6) is 5.75 Å². The molecule has 468 valence electrons. The molecule has 0 fully saturated rings. The summed E-state index contributed by atoms with van der Waals surface area (Å²) in [5, 5.41) is 61.4. The van der Waals surface area contributed by atoms with Gasteiger partial charge in [0.1, 0.15) is 54.1 Å². The average Bonchev–Trinajstić information content (AvgIpc) is 3.41. The van der Waals surface area contributed by atoms with Crippen molar-refractivity contribution in [3.63, 3.8) is 0 Å². The Morgan fingerprint density at radius 2 is 0.892 bits per heavy atom. The summed E-state index contributed by atoms with van der Waals surface area (Å²) in [6.45, 7) is 10.7. The predicted molar refractivity (Wildman–Crippen MR) is 301 cm³/mol. The lowest BCUT2D eigenvalue weighted by atomic mass is 9.98. The fraction of sp³-hybridized carbons (Fsp3) is 0.660. The minimum absolute atomic E-state index is 0.0656. The van der Waals surface area contributed by atoms with Crippen LogP contribution in [0.3, 0.4) is 0 Å². The zero-order valence-corrected chi connectivity index (χ0v) is 48.4. The van der Waals surface area contributed by atoms with Crippen molar-refractivity contribution in [2.45, 2.75) is 186 Å². The molecule has 1 aromatic rings. The molecule has 30 heteroatoms. The summed E-state index contributed by atoms with van der Waals surface area (Å²) in [7, 11) is 0. The number of amides is 11. The summed E-state index contributed by atoms with van der Waals surface area (Å²) in [6.07, 6.45) is -1.47. The molecule has 0 saturated carbocycles. The zero-order valence-electron chi connectivity index (χ0n) is 48.4. The first-order valence-electron chi connectivity index (χ1n) is 27.7. The first-order chi connectivity index (χ1) is 38.9. The van der Waals surface area contributed by atoms with Crippen molar-refractivity contribution in [1.29, 1.82) is 0 Å². The molecule has 12 atom stereocenters. The quantitative estimate of drug-likeness (QED) is 0.0273. The molecule has 23 N–H and O–H groups in total. The Morgan fingerprint density at radius 1 is 0.506 bits per heavy atom. The number of unbranched alkanes of at least 4 members (excludes halogenated alkanes) is 2. The first-order valence-corrected chi connectivity index (χ1v) is 27.7. The Labute approximate surface area is 482 Å². The monoisotopic (exact) mass is 1180 g/mol. The lowest BCUT2D eigenvalue weighted by molar-refractivity contribution is -0.145. The van der Waals surface area contributed by atoms with E-state index in [1.165, 1.54) is 38.1 Å². The van der Waals surface area contributed by atoms with Gasteiger partial charge >= 0.3 is 5.97 Å². The van der Waals surface area contributed by atoms with Crippen molar-refractivity contribution in [2.24, 2.45) is 46.4 Å². The number of primary amides is 2. The molecular weight excluding hydrogens is 1090 g/mol. The molecule has 0 saturated heterocycles. The summed E-state index contributed by atoms with van der Waals surface area (Å²) in [6, 6.07) is -10.1. The molecule has 1 aromatic carbocycles. The minimum Gasteiger partial charge on any atom is -0.508 e. The topological polar surface area (TPSA) is 524 Å². The van der Waals surface area contributed by atoms with Gasteiger partial charge in [-0.15, -0.1) is 0 Å². The number of nitrogens with two attached hydrogens (primary N) is 5. The molecular formula is C53H90N14O16. The molecule has 0 aliphatic rings. The number of aliphatic hydroxyl groups is 2. The molecule has 0 aliphatic carbocycles. The third kappa shape index (κ3) is 26.9. The van der Waals surface area contributed by atoms with E-state index >= 15 is 0 Å². The number of carbonyl (C=O) groups excluding carboxylic acids is 11. The average molecular weight is 1180 g/mol. The third-order valence-electron chi connectivity index (χ3n) is 13.3. The highest BCUT2D eigenvalue weighted by molar-refractivity contribution is 6.00. The van der Waals surface area contributed by atoms with Crippen LogP contribution in [-0.4, -0.2) is 178 Å². The van der Waals surface area contributed by atoms with Gasteiger partial charge < -0.3 is 96.9 Å². The van der Waals surface area contributed by atoms with Crippen molar-refractivity contribution in [3.05, 3.63) is 29.8 Å². The fourth-order valence-electron chi connectivity index (χ4n) is 8.15. The number of nitrogens with one attached hydrogen (secondary N) is 9. The van der Waals surface area contributed by atoms with Crippen LogP contribution in [0.25, 0.3) is 0 Å². The molecule has 0 unspecified atom stereocenters. The van der Waals surface area contributed by atoms with E-state index in [1.54, 1.807) is 20.8 Å². The van der Waals surface area contributed by atoms with Gasteiger partial charge in [0.15, 0.2) is 6.04 Å². The maximum atomic E-state index is 14.1. The van der Waals surface area contributed by atoms with Gasteiger partial charge in [-0.2, -0.15) is 0 Å².